The molecule has 3 heteroatoms. The Morgan fingerprint density at radius 3 is 2.82 bits per heavy atom. The largest absolute Gasteiger partial charge is 0.496 e. The molecule has 1 unspecified atom stereocenters. The van der Waals surface area contributed by atoms with Gasteiger partial charge >= 0.3 is 0 Å². The molecule has 3 N–H and O–H groups in total. The van der Waals surface area contributed by atoms with Crippen LogP contribution in [0.1, 0.15) is 30.0 Å². The molecular weight excluding hydrogens is 212 g/mol. The van der Waals surface area contributed by atoms with Gasteiger partial charge in [0.1, 0.15) is 5.75 Å². The second-order valence-electron chi connectivity index (χ2n) is 5.29. The van der Waals surface area contributed by atoms with Gasteiger partial charge in [0.05, 0.1) is 7.11 Å². The summed E-state index contributed by atoms with van der Waals surface area (Å²) in [6, 6.07) is 6.44. The van der Waals surface area contributed by atoms with E-state index in [1.54, 1.807) is 7.11 Å². The molecule has 1 aromatic carbocycles. The van der Waals surface area contributed by atoms with Crippen LogP contribution in [0, 0.1) is 5.41 Å². The second-order valence-corrected chi connectivity index (χ2v) is 5.29. The van der Waals surface area contributed by atoms with Crippen molar-refractivity contribution in [2.24, 2.45) is 11.1 Å². The van der Waals surface area contributed by atoms with E-state index in [0.717, 1.165) is 25.3 Å². The summed E-state index contributed by atoms with van der Waals surface area (Å²) in [5.74, 6) is 1.01. The third-order valence-electron chi connectivity index (χ3n) is 4.51. The first-order valence-corrected chi connectivity index (χ1v) is 6.39. The van der Waals surface area contributed by atoms with Crippen molar-refractivity contribution >= 4 is 0 Å². The summed E-state index contributed by atoms with van der Waals surface area (Å²) in [7, 11) is 1.74. The highest BCUT2D eigenvalue weighted by molar-refractivity contribution is 5.47. The van der Waals surface area contributed by atoms with Crippen molar-refractivity contribution in [1.29, 1.82) is 0 Å². The Morgan fingerprint density at radius 2 is 2.12 bits per heavy atom. The molecule has 1 saturated heterocycles. The van der Waals surface area contributed by atoms with Crippen molar-refractivity contribution in [2.45, 2.75) is 25.3 Å². The number of hydrogen-bond acceptors (Lipinski definition) is 3. The average molecular weight is 232 g/mol. The Morgan fingerprint density at radius 1 is 1.35 bits per heavy atom. The van der Waals surface area contributed by atoms with Gasteiger partial charge in [0.15, 0.2) is 0 Å². The minimum absolute atomic E-state index is 0.176. The zero-order chi connectivity index (χ0) is 11.9. The van der Waals surface area contributed by atoms with Crippen molar-refractivity contribution in [3.8, 4) is 5.75 Å². The molecule has 1 aromatic rings. The lowest BCUT2D eigenvalue weighted by Gasteiger charge is -2.37. The first-order chi connectivity index (χ1) is 8.27. The lowest BCUT2D eigenvalue weighted by atomic mass is 9.73. The summed E-state index contributed by atoms with van der Waals surface area (Å²) >= 11 is 0. The van der Waals surface area contributed by atoms with Gasteiger partial charge in [-0.05, 0) is 55.0 Å². The van der Waals surface area contributed by atoms with Crippen molar-refractivity contribution < 1.29 is 4.74 Å². The predicted octanol–water partition coefficient (Wildman–Crippen LogP) is 1.62. The zero-order valence-corrected chi connectivity index (χ0v) is 10.3. The van der Waals surface area contributed by atoms with E-state index in [1.165, 1.54) is 24.0 Å². The maximum atomic E-state index is 6.50. The van der Waals surface area contributed by atoms with Gasteiger partial charge < -0.3 is 15.8 Å². The van der Waals surface area contributed by atoms with Crippen LogP contribution in [0.4, 0.5) is 0 Å². The highest BCUT2D eigenvalue weighted by atomic mass is 16.5. The molecule has 1 aliphatic carbocycles. The van der Waals surface area contributed by atoms with Crippen LogP contribution in [-0.4, -0.2) is 20.2 Å². The van der Waals surface area contributed by atoms with E-state index in [0.29, 0.717) is 0 Å². The summed E-state index contributed by atoms with van der Waals surface area (Å²) in [5.41, 5.74) is 9.40. The summed E-state index contributed by atoms with van der Waals surface area (Å²) < 4.78 is 5.47. The number of piperidine rings is 1. The van der Waals surface area contributed by atoms with Crippen LogP contribution < -0.4 is 15.8 Å². The quantitative estimate of drug-likeness (QED) is 0.773. The molecule has 1 aliphatic heterocycles. The van der Waals surface area contributed by atoms with Gasteiger partial charge in [0, 0.05) is 6.04 Å². The maximum Gasteiger partial charge on any atom is 0.122 e. The van der Waals surface area contributed by atoms with E-state index in [-0.39, 0.29) is 11.5 Å². The average Bonchev–Trinajstić information content (AvgIpc) is 2.64. The highest BCUT2D eigenvalue weighted by Gasteiger charge is 2.45. The van der Waals surface area contributed by atoms with Gasteiger partial charge in [-0.3, -0.25) is 0 Å². The molecule has 0 amide bonds. The van der Waals surface area contributed by atoms with E-state index >= 15 is 0 Å². The Balaban J connectivity index is 2.01. The number of fused-ring (bicyclic) bond motifs is 1. The SMILES string of the molecule is COc1cccc2c1CC1(CCNCC1)C2N. The first kappa shape index (κ1) is 11.1. The molecule has 2 aliphatic rings. The molecule has 0 saturated carbocycles. The molecular formula is C14H20N2O. The van der Waals surface area contributed by atoms with Crippen molar-refractivity contribution in [3.63, 3.8) is 0 Å². The number of hydrogen-bond donors (Lipinski definition) is 2. The predicted molar refractivity (Wildman–Crippen MR) is 68.2 cm³/mol. The summed E-state index contributed by atoms with van der Waals surface area (Å²) in [6.45, 7) is 2.17. The molecule has 1 spiro atoms. The molecule has 3 rings (SSSR count). The molecule has 1 atom stereocenters. The topological polar surface area (TPSA) is 47.3 Å². The normalized spacial score (nSPS) is 25.9. The molecule has 0 bridgehead atoms. The molecule has 17 heavy (non-hydrogen) atoms. The lowest BCUT2D eigenvalue weighted by Crippen LogP contribution is -2.42. The van der Waals surface area contributed by atoms with Gasteiger partial charge in [-0.25, -0.2) is 0 Å². The minimum atomic E-state index is 0.176. The standard InChI is InChI=1S/C14H20N2O/c1-17-12-4-2-3-10-11(12)9-14(13(10)15)5-7-16-8-6-14/h2-4,13,16H,5-9,15H2,1H3. The fourth-order valence-electron chi connectivity index (χ4n) is 3.46. The molecule has 1 heterocycles. The number of methoxy groups -OCH3 is 1. The number of ether oxygens (including phenoxy) is 1. The third-order valence-corrected chi connectivity index (χ3v) is 4.51. The Kier molecular flexibility index (Phi) is 2.60. The second kappa shape index (κ2) is 4.00. The fraction of sp³-hybridized carbons (Fsp3) is 0.571. The minimum Gasteiger partial charge on any atom is -0.496 e. The molecule has 0 aromatic heterocycles. The third kappa shape index (κ3) is 1.57. The van der Waals surface area contributed by atoms with Crippen molar-refractivity contribution in [3.05, 3.63) is 29.3 Å². The van der Waals surface area contributed by atoms with Gasteiger partial charge in [-0.2, -0.15) is 0 Å². The van der Waals surface area contributed by atoms with Gasteiger partial charge in [0.2, 0.25) is 0 Å². The van der Waals surface area contributed by atoms with E-state index in [2.05, 4.69) is 17.4 Å². The van der Waals surface area contributed by atoms with Crippen LogP contribution in [0.15, 0.2) is 18.2 Å². The summed E-state index contributed by atoms with van der Waals surface area (Å²) in [6.07, 6.45) is 3.42. The number of benzene rings is 1. The number of rotatable bonds is 1. The maximum absolute atomic E-state index is 6.50. The Labute approximate surface area is 102 Å². The van der Waals surface area contributed by atoms with E-state index < -0.39 is 0 Å². The highest BCUT2D eigenvalue weighted by Crippen LogP contribution is 2.51. The van der Waals surface area contributed by atoms with Gasteiger partial charge in [-0.15, -0.1) is 0 Å². The van der Waals surface area contributed by atoms with E-state index in [1.807, 2.05) is 6.07 Å². The van der Waals surface area contributed by atoms with Crippen LogP contribution in [0.3, 0.4) is 0 Å². The number of nitrogens with one attached hydrogen (secondary N) is 1. The van der Waals surface area contributed by atoms with Crippen LogP contribution in [0.2, 0.25) is 0 Å². The van der Waals surface area contributed by atoms with Gasteiger partial charge in [-0.1, -0.05) is 12.1 Å². The van der Waals surface area contributed by atoms with E-state index in [4.69, 9.17) is 10.5 Å². The van der Waals surface area contributed by atoms with Crippen LogP contribution in [-0.2, 0) is 6.42 Å². The fourth-order valence-corrected chi connectivity index (χ4v) is 3.46. The van der Waals surface area contributed by atoms with Crippen LogP contribution >= 0.6 is 0 Å². The number of nitrogens with two attached hydrogens (primary N) is 1. The molecule has 0 radical (unpaired) electrons. The van der Waals surface area contributed by atoms with E-state index in [9.17, 15) is 0 Å². The summed E-state index contributed by atoms with van der Waals surface area (Å²) in [5, 5.41) is 3.43. The monoisotopic (exact) mass is 232 g/mol. The smallest absolute Gasteiger partial charge is 0.122 e. The summed E-state index contributed by atoms with van der Waals surface area (Å²) in [4.78, 5) is 0. The molecule has 3 nitrogen and oxygen atoms in total. The van der Waals surface area contributed by atoms with Crippen molar-refractivity contribution in [1.82, 2.24) is 5.32 Å². The Bertz CT molecular complexity index is 424. The first-order valence-electron chi connectivity index (χ1n) is 6.39. The Hall–Kier alpha value is -1.06. The zero-order valence-electron chi connectivity index (χ0n) is 10.3. The molecule has 92 valence electrons. The van der Waals surface area contributed by atoms with Crippen LogP contribution in [0.25, 0.3) is 0 Å². The lowest BCUT2D eigenvalue weighted by molar-refractivity contribution is 0.173. The van der Waals surface area contributed by atoms with Crippen molar-refractivity contribution in [2.75, 3.05) is 20.2 Å². The van der Waals surface area contributed by atoms with Gasteiger partial charge in [0.25, 0.3) is 0 Å². The molecule has 1 fully saturated rings. The van der Waals surface area contributed by atoms with Crippen LogP contribution in [0.5, 0.6) is 5.75 Å².